The van der Waals surface area contributed by atoms with Crippen molar-refractivity contribution >= 4 is 0 Å². The molecule has 0 bridgehead atoms. The molecule has 0 aliphatic carbocycles. The number of aliphatic hydroxyl groups is 5. The molecule has 3 saturated heterocycles. The van der Waals surface area contributed by atoms with Gasteiger partial charge in [-0.1, -0.05) is 6.92 Å². The molecule has 230 valence electrons. The van der Waals surface area contributed by atoms with Gasteiger partial charge in [-0.15, -0.1) is 0 Å². The number of aliphatic hydroxyl groups excluding tert-OH is 5. The van der Waals surface area contributed by atoms with Crippen molar-refractivity contribution in [3.05, 3.63) is 0 Å². The molecule has 39 heavy (non-hydrogen) atoms. The first kappa shape index (κ1) is 32.9. The van der Waals surface area contributed by atoms with Crippen LogP contribution in [0.3, 0.4) is 0 Å². The fraction of sp³-hybridized carbons (Fsp3) is 1.00. The Morgan fingerprint density at radius 2 is 0.949 bits per heavy atom. The minimum absolute atomic E-state index is 0.0138. The normalized spacial score (nSPS) is 47.3. The molecule has 3 rings (SSSR count). The molecule has 0 spiro atoms. The van der Waals surface area contributed by atoms with Crippen molar-refractivity contribution < 1.29 is 72.9 Å². The van der Waals surface area contributed by atoms with E-state index in [4.69, 9.17) is 47.4 Å². The summed E-state index contributed by atoms with van der Waals surface area (Å²) in [4.78, 5) is 0. The number of rotatable bonds is 12. The van der Waals surface area contributed by atoms with Gasteiger partial charge in [0.2, 0.25) is 0 Å². The van der Waals surface area contributed by atoms with Gasteiger partial charge in [0.1, 0.15) is 61.0 Å². The molecule has 0 aromatic carbocycles. The van der Waals surface area contributed by atoms with E-state index >= 15 is 0 Å². The van der Waals surface area contributed by atoms with Gasteiger partial charge in [-0.3, -0.25) is 0 Å². The lowest BCUT2D eigenvalue weighted by Crippen LogP contribution is -2.66. The van der Waals surface area contributed by atoms with Crippen LogP contribution in [0, 0.1) is 5.92 Å². The van der Waals surface area contributed by atoms with Crippen LogP contribution in [0.25, 0.3) is 0 Å². The second kappa shape index (κ2) is 15.0. The largest absolute Gasteiger partial charge is 0.390 e. The zero-order valence-corrected chi connectivity index (χ0v) is 23.1. The quantitative estimate of drug-likeness (QED) is 0.158. The maximum absolute atomic E-state index is 11.4. The lowest BCUT2D eigenvalue weighted by atomic mass is 9.92. The van der Waals surface area contributed by atoms with Crippen molar-refractivity contribution in [1.29, 1.82) is 0 Å². The fourth-order valence-electron chi connectivity index (χ4n) is 5.13. The van der Waals surface area contributed by atoms with E-state index in [1.54, 1.807) is 6.92 Å². The Balaban J connectivity index is 1.82. The van der Waals surface area contributed by atoms with Crippen LogP contribution >= 0.6 is 0 Å². The third kappa shape index (κ3) is 7.25. The van der Waals surface area contributed by atoms with Crippen molar-refractivity contribution in [2.45, 2.75) is 92.9 Å². The van der Waals surface area contributed by atoms with E-state index in [0.29, 0.717) is 0 Å². The van der Waals surface area contributed by atoms with Gasteiger partial charge in [0.15, 0.2) is 18.9 Å². The minimum atomic E-state index is -1.37. The van der Waals surface area contributed by atoms with Crippen molar-refractivity contribution in [1.82, 2.24) is 0 Å². The lowest BCUT2D eigenvalue weighted by Gasteiger charge is -2.49. The Morgan fingerprint density at radius 3 is 1.46 bits per heavy atom. The summed E-state index contributed by atoms with van der Waals surface area (Å²) in [6.07, 6.45) is -15.9. The second-order valence-corrected chi connectivity index (χ2v) is 9.94. The van der Waals surface area contributed by atoms with E-state index in [1.807, 2.05) is 0 Å². The smallest absolute Gasteiger partial charge is 0.187 e. The first-order chi connectivity index (χ1) is 18.6. The zero-order chi connectivity index (χ0) is 28.9. The molecule has 0 amide bonds. The fourth-order valence-corrected chi connectivity index (χ4v) is 5.13. The van der Waals surface area contributed by atoms with E-state index in [0.717, 1.165) is 0 Å². The summed E-state index contributed by atoms with van der Waals surface area (Å²) in [5.74, 6) is -0.681. The second-order valence-electron chi connectivity index (χ2n) is 9.94. The summed E-state index contributed by atoms with van der Waals surface area (Å²) in [6, 6.07) is 0. The summed E-state index contributed by atoms with van der Waals surface area (Å²) in [7, 11) is 6.97. The molecule has 6 unspecified atom stereocenters. The number of hydrogen-bond acceptors (Lipinski definition) is 15. The standard InChI is InChI=1S/C24H44O15/c1-10-14(25)18(12(8-31-3)35-22(10)29)38-24-21(34-6)17(28)19(13(37-24)9-32-4)39-23-20(33-5)16(27)15(26)11(36-23)7-30-2/h10-29H,7-9H2,1-6H3/t10?,11-,12-,13?,14?,15+,16?,17-,18+,19+,20?,21?,22+,23-,24-/m0/s1. The average Bonchev–Trinajstić information content (AvgIpc) is 2.90. The van der Waals surface area contributed by atoms with E-state index in [9.17, 15) is 25.5 Å². The first-order valence-corrected chi connectivity index (χ1v) is 12.8. The van der Waals surface area contributed by atoms with Gasteiger partial charge in [0, 0.05) is 41.5 Å². The molecule has 3 fully saturated rings. The molecule has 0 aromatic heterocycles. The highest BCUT2D eigenvalue weighted by molar-refractivity contribution is 4.96. The highest BCUT2D eigenvalue weighted by Gasteiger charge is 2.54. The minimum Gasteiger partial charge on any atom is -0.390 e. The Hall–Kier alpha value is -0.600. The molecule has 15 atom stereocenters. The predicted molar refractivity (Wildman–Crippen MR) is 128 cm³/mol. The van der Waals surface area contributed by atoms with Gasteiger partial charge in [0.05, 0.1) is 25.9 Å². The molecular formula is C24H44O15. The first-order valence-electron chi connectivity index (χ1n) is 12.8. The van der Waals surface area contributed by atoms with Crippen LogP contribution in [0.15, 0.2) is 0 Å². The van der Waals surface area contributed by atoms with Crippen LogP contribution in [-0.4, -0.2) is 167 Å². The maximum Gasteiger partial charge on any atom is 0.187 e. The molecule has 0 radical (unpaired) electrons. The van der Waals surface area contributed by atoms with Crippen LogP contribution in [0.4, 0.5) is 0 Å². The van der Waals surface area contributed by atoms with E-state index in [2.05, 4.69) is 0 Å². The number of methoxy groups -OCH3 is 5. The third-order valence-corrected chi connectivity index (χ3v) is 7.39. The summed E-state index contributed by atoms with van der Waals surface area (Å²) in [5, 5.41) is 53.4. The molecule has 3 aliphatic rings. The summed E-state index contributed by atoms with van der Waals surface area (Å²) in [5.41, 5.74) is 0. The van der Waals surface area contributed by atoms with Crippen molar-refractivity contribution in [3.63, 3.8) is 0 Å². The van der Waals surface area contributed by atoms with Gasteiger partial charge in [-0.05, 0) is 0 Å². The van der Waals surface area contributed by atoms with Crippen molar-refractivity contribution in [3.8, 4) is 0 Å². The lowest BCUT2D eigenvalue weighted by molar-refractivity contribution is -0.379. The van der Waals surface area contributed by atoms with Gasteiger partial charge in [-0.2, -0.15) is 0 Å². The van der Waals surface area contributed by atoms with E-state index in [1.165, 1.54) is 35.5 Å². The summed E-state index contributed by atoms with van der Waals surface area (Å²) in [6.45, 7) is 1.54. The Labute approximate surface area is 227 Å². The van der Waals surface area contributed by atoms with Crippen LogP contribution in [0.5, 0.6) is 0 Å². The average molecular weight is 573 g/mol. The topological polar surface area (TPSA) is 193 Å². The van der Waals surface area contributed by atoms with E-state index < -0.39 is 91.9 Å². The van der Waals surface area contributed by atoms with Crippen LogP contribution in [0.1, 0.15) is 6.92 Å². The molecule has 15 heteroatoms. The molecule has 0 saturated carbocycles. The van der Waals surface area contributed by atoms with Crippen LogP contribution in [-0.2, 0) is 47.4 Å². The van der Waals surface area contributed by atoms with Gasteiger partial charge in [0.25, 0.3) is 0 Å². The monoisotopic (exact) mass is 572 g/mol. The SMILES string of the molecule is COCC1O[C@@H](O[C@H]2C(O)C(C)[C@H](O)O[C@H]2COC)C(OC)[C@@H](O)[C@@H]1O[C@@H]1O[C@@H](COC)[C@@H](O)C(O)C1OC. The summed E-state index contributed by atoms with van der Waals surface area (Å²) < 4.78 is 56.2. The molecule has 3 heterocycles. The van der Waals surface area contributed by atoms with Gasteiger partial charge in [-0.25, -0.2) is 0 Å². The number of hydrogen-bond donors (Lipinski definition) is 5. The highest BCUT2D eigenvalue weighted by atomic mass is 16.8. The van der Waals surface area contributed by atoms with Crippen LogP contribution < -0.4 is 0 Å². The molecule has 3 aliphatic heterocycles. The Morgan fingerprint density at radius 1 is 0.513 bits per heavy atom. The Bertz CT molecular complexity index is 713. The molecule has 0 aromatic rings. The van der Waals surface area contributed by atoms with Gasteiger partial charge >= 0.3 is 0 Å². The van der Waals surface area contributed by atoms with Crippen LogP contribution in [0.2, 0.25) is 0 Å². The zero-order valence-electron chi connectivity index (χ0n) is 23.1. The van der Waals surface area contributed by atoms with Gasteiger partial charge < -0.3 is 72.9 Å². The van der Waals surface area contributed by atoms with Crippen molar-refractivity contribution in [2.75, 3.05) is 55.4 Å². The van der Waals surface area contributed by atoms with Crippen molar-refractivity contribution in [2.24, 2.45) is 5.92 Å². The molecule has 5 N–H and O–H groups in total. The summed E-state index contributed by atoms with van der Waals surface area (Å²) >= 11 is 0. The maximum atomic E-state index is 11.4. The Kier molecular flexibility index (Phi) is 12.7. The third-order valence-electron chi connectivity index (χ3n) is 7.39. The van der Waals surface area contributed by atoms with E-state index in [-0.39, 0.29) is 19.8 Å². The molecule has 15 nitrogen and oxygen atoms in total. The highest BCUT2D eigenvalue weighted by Crippen LogP contribution is 2.34. The number of ether oxygens (including phenoxy) is 10. The molecular weight excluding hydrogens is 528 g/mol. The predicted octanol–water partition coefficient (Wildman–Crippen LogP) is -3.03.